The van der Waals surface area contributed by atoms with E-state index in [0.29, 0.717) is 40.8 Å². The van der Waals surface area contributed by atoms with Crippen LogP contribution in [0.15, 0.2) is 58.5 Å². The fraction of sp³-hybridized carbons (Fsp3) is 0.200. The van der Waals surface area contributed by atoms with Gasteiger partial charge in [0.2, 0.25) is 5.78 Å². The van der Waals surface area contributed by atoms with Crippen molar-refractivity contribution in [1.29, 1.82) is 5.26 Å². The van der Waals surface area contributed by atoms with Crippen LogP contribution < -0.4 is 10.3 Å². The summed E-state index contributed by atoms with van der Waals surface area (Å²) in [6.07, 6.45) is 0.415. The fourth-order valence-corrected chi connectivity index (χ4v) is 3.95. The number of aromatic nitrogens is 4. The van der Waals surface area contributed by atoms with Crippen molar-refractivity contribution in [2.45, 2.75) is 18.1 Å². The second-order valence-electron chi connectivity index (χ2n) is 6.09. The maximum absolute atomic E-state index is 13.2. The molecular weight excluding hydrogens is 374 g/mol. The molecule has 0 amide bonds. The van der Waals surface area contributed by atoms with E-state index >= 15 is 0 Å². The Bertz CT molecular complexity index is 1260. The highest BCUT2D eigenvalue weighted by atomic mass is 32.2. The Labute approximate surface area is 165 Å². The summed E-state index contributed by atoms with van der Waals surface area (Å²) in [7, 11) is 1.61. The topological polar surface area (TPSA) is 85.2 Å². The van der Waals surface area contributed by atoms with E-state index in [1.165, 1.54) is 11.8 Å². The number of methoxy groups -OCH3 is 1. The molecule has 2 aromatic heterocycles. The van der Waals surface area contributed by atoms with E-state index in [1.54, 1.807) is 17.7 Å². The van der Waals surface area contributed by atoms with E-state index in [1.807, 2.05) is 46.9 Å². The summed E-state index contributed by atoms with van der Waals surface area (Å²) in [6.45, 7) is 0.318. The van der Waals surface area contributed by atoms with E-state index in [9.17, 15) is 4.79 Å². The largest absolute Gasteiger partial charge is 0.496 e. The zero-order valence-electron chi connectivity index (χ0n) is 15.2. The summed E-state index contributed by atoms with van der Waals surface area (Å²) in [5, 5.41) is 18.6. The van der Waals surface area contributed by atoms with Gasteiger partial charge in [0, 0.05) is 17.7 Å². The summed E-state index contributed by atoms with van der Waals surface area (Å²) in [5.74, 6) is 1.79. The van der Waals surface area contributed by atoms with Crippen molar-refractivity contribution in [3.63, 3.8) is 0 Å². The average Bonchev–Trinajstić information content (AvgIpc) is 3.15. The molecule has 28 heavy (non-hydrogen) atoms. The lowest BCUT2D eigenvalue weighted by Crippen LogP contribution is -2.24. The van der Waals surface area contributed by atoms with Crippen LogP contribution in [0.3, 0.4) is 0 Å². The highest BCUT2D eigenvalue weighted by Crippen LogP contribution is 2.24. The Morgan fingerprint density at radius 2 is 1.93 bits per heavy atom. The molecule has 0 radical (unpaired) electrons. The Morgan fingerprint density at radius 3 is 2.75 bits per heavy atom. The molecule has 0 aliphatic heterocycles. The summed E-state index contributed by atoms with van der Waals surface area (Å²) in [6, 6.07) is 17.1. The van der Waals surface area contributed by atoms with Crippen molar-refractivity contribution >= 4 is 28.4 Å². The molecule has 2 aromatic carbocycles. The van der Waals surface area contributed by atoms with Gasteiger partial charge in [0.1, 0.15) is 5.75 Å². The summed E-state index contributed by atoms with van der Waals surface area (Å²) in [4.78, 5) is 13.2. The molecule has 7 nitrogen and oxygen atoms in total. The molecule has 0 aliphatic carbocycles. The van der Waals surface area contributed by atoms with Gasteiger partial charge in [-0.2, -0.15) is 5.26 Å². The van der Waals surface area contributed by atoms with Gasteiger partial charge in [0.05, 0.1) is 30.6 Å². The molecule has 4 aromatic rings. The predicted octanol–water partition coefficient (Wildman–Crippen LogP) is 3.11. The van der Waals surface area contributed by atoms with Crippen LogP contribution in [0.1, 0.15) is 12.0 Å². The van der Waals surface area contributed by atoms with E-state index in [-0.39, 0.29) is 5.56 Å². The van der Waals surface area contributed by atoms with Crippen molar-refractivity contribution in [1.82, 2.24) is 19.2 Å². The van der Waals surface area contributed by atoms with Crippen LogP contribution in [-0.4, -0.2) is 32.0 Å². The summed E-state index contributed by atoms with van der Waals surface area (Å²) >= 11 is 1.45. The smallest absolute Gasteiger partial charge is 0.263 e. The van der Waals surface area contributed by atoms with Crippen molar-refractivity contribution in [2.24, 2.45) is 0 Å². The van der Waals surface area contributed by atoms with Gasteiger partial charge in [-0.15, -0.1) is 10.2 Å². The molecule has 0 saturated carbocycles. The van der Waals surface area contributed by atoms with Gasteiger partial charge in [-0.05, 0) is 18.2 Å². The standard InChI is InChI=1S/C20H17N5O2S/c1-27-17-10-5-2-7-14(17)13-24-18(26)15-8-3-4-9-16(15)25-19(24)22-23-20(25)28-12-6-11-21/h2-5,7-10H,6,12-13H2,1H3. The van der Waals surface area contributed by atoms with Gasteiger partial charge in [-0.3, -0.25) is 13.8 Å². The average molecular weight is 391 g/mol. The van der Waals surface area contributed by atoms with Crippen molar-refractivity contribution < 1.29 is 4.74 Å². The molecule has 0 N–H and O–H groups in total. The first-order valence-corrected chi connectivity index (χ1v) is 9.71. The Morgan fingerprint density at radius 1 is 1.14 bits per heavy atom. The number of nitrogens with zero attached hydrogens (tertiary/aromatic N) is 5. The van der Waals surface area contributed by atoms with E-state index in [2.05, 4.69) is 16.3 Å². The first kappa shape index (κ1) is 18.1. The Hall–Kier alpha value is -3.31. The number of nitriles is 1. The Kier molecular flexibility index (Phi) is 5.00. The van der Waals surface area contributed by atoms with Gasteiger partial charge < -0.3 is 4.74 Å². The van der Waals surface area contributed by atoms with Gasteiger partial charge in [-0.25, -0.2) is 0 Å². The van der Waals surface area contributed by atoms with Gasteiger partial charge in [-0.1, -0.05) is 42.1 Å². The maximum atomic E-state index is 13.2. The third-order valence-electron chi connectivity index (χ3n) is 4.44. The minimum Gasteiger partial charge on any atom is -0.496 e. The number of hydrogen-bond acceptors (Lipinski definition) is 6. The van der Waals surface area contributed by atoms with Crippen LogP contribution >= 0.6 is 11.8 Å². The highest BCUT2D eigenvalue weighted by Gasteiger charge is 2.17. The lowest BCUT2D eigenvalue weighted by molar-refractivity contribution is 0.408. The van der Waals surface area contributed by atoms with Crippen LogP contribution in [-0.2, 0) is 6.54 Å². The van der Waals surface area contributed by atoms with Gasteiger partial charge in [0.15, 0.2) is 5.16 Å². The third-order valence-corrected chi connectivity index (χ3v) is 5.37. The lowest BCUT2D eigenvalue weighted by Gasteiger charge is -2.13. The van der Waals surface area contributed by atoms with E-state index in [4.69, 9.17) is 10.00 Å². The first-order chi connectivity index (χ1) is 13.7. The molecule has 140 valence electrons. The molecule has 0 fully saturated rings. The Balaban J connectivity index is 1.94. The quantitative estimate of drug-likeness (QED) is 0.371. The minimum absolute atomic E-state index is 0.130. The van der Waals surface area contributed by atoms with Crippen molar-refractivity contribution in [2.75, 3.05) is 12.9 Å². The van der Waals surface area contributed by atoms with Crippen molar-refractivity contribution in [3.8, 4) is 11.8 Å². The second-order valence-corrected chi connectivity index (χ2v) is 7.16. The zero-order valence-corrected chi connectivity index (χ0v) is 16.0. The predicted molar refractivity (Wildman–Crippen MR) is 108 cm³/mol. The normalized spacial score (nSPS) is 11.0. The van der Waals surface area contributed by atoms with Gasteiger partial charge >= 0.3 is 0 Å². The zero-order chi connectivity index (χ0) is 19.5. The van der Waals surface area contributed by atoms with Crippen LogP contribution in [0, 0.1) is 11.3 Å². The molecular formula is C20H17N5O2S. The molecule has 4 rings (SSSR count). The van der Waals surface area contributed by atoms with Crippen LogP contribution in [0.4, 0.5) is 0 Å². The summed E-state index contributed by atoms with van der Waals surface area (Å²) in [5.41, 5.74) is 1.50. The molecule has 0 spiro atoms. The third kappa shape index (κ3) is 3.10. The number of para-hydroxylation sites is 2. The second kappa shape index (κ2) is 7.74. The first-order valence-electron chi connectivity index (χ1n) is 8.73. The number of rotatable bonds is 6. The molecule has 0 saturated heterocycles. The molecule has 0 atom stereocenters. The molecule has 8 heteroatoms. The number of thioether (sulfide) groups is 1. The number of benzene rings is 2. The lowest BCUT2D eigenvalue weighted by atomic mass is 10.2. The van der Waals surface area contributed by atoms with E-state index in [0.717, 1.165) is 11.1 Å². The highest BCUT2D eigenvalue weighted by molar-refractivity contribution is 7.99. The van der Waals surface area contributed by atoms with Crippen molar-refractivity contribution in [3.05, 3.63) is 64.4 Å². The number of ether oxygens (including phenoxy) is 1. The number of fused-ring (bicyclic) bond motifs is 3. The maximum Gasteiger partial charge on any atom is 0.263 e. The van der Waals surface area contributed by atoms with E-state index < -0.39 is 0 Å². The fourth-order valence-electron chi connectivity index (χ4n) is 3.16. The molecule has 0 unspecified atom stereocenters. The molecule has 0 bridgehead atoms. The monoisotopic (exact) mass is 391 g/mol. The van der Waals surface area contributed by atoms with Gasteiger partial charge in [0.25, 0.3) is 5.56 Å². The SMILES string of the molecule is COc1ccccc1Cn1c(=O)c2ccccc2n2c(SCCC#N)nnc12. The minimum atomic E-state index is -0.130. The summed E-state index contributed by atoms with van der Waals surface area (Å²) < 4.78 is 8.93. The van der Waals surface area contributed by atoms with Crippen LogP contribution in [0.5, 0.6) is 5.75 Å². The van der Waals surface area contributed by atoms with Crippen LogP contribution in [0.25, 0.3) is 16.7 Å². The molecule has 2 heterocycles. The number of hydrogen-bond donors (Lipinski definition) is 0. The molecule has 0 aliphatic rings. The van der Waals surface area contributed by atoms with Crippen LogP contribution in [0.2, 0.25) is 0 Å².